The van der Waals surface area contributed by atoms with Gasteiger partial charge in [0.25, 0.3) is 0 Å². The molecular formula is C19H20N2O2. The molecule has 0 aromatic heterocycles. The van der Waals surface area contributed by atoms with E-state index in [9.17, 15) is 4.79 Å². The highest BCUT2D eigenvalue weighted by Gasteiger charge is 2.19. The summed E-state index contributed by atoms with van der Waals surface area (Å²) >= 11 is 0. The van der Waals surface area contributed by atoms with Gasteiger partial charge >= 0.3 is 5.97 Å². The molecule has 0 bridgehead atoms. The zero-order valence-corrected chi connectivity index (χ0v) is 13.2. The summed E-state index contributed by atoms with van der Waals surface area (Å²) in [6.45, 7) is 3.76. The SMILES string of the molecule is Cc1ccccc1C(=O)OCCN1C=NC(c2ccccc2)C1. The first-order valence-electron chi connectivity index (χ1n) is 7.79. The third-order valence-corrected chi connectivity index (χ3v) is 3.98. The molecule has 1 unspecified atom stereocenters. The second-order valence-corrected chi connectivity index (χ2v) is 5.64. The number of ether oxygens (including phenoxy) is 1. The Labute approximate surface area is 136 Å². The van der Waals surface area contributed by atoms with E-state index >= 15 is 0 Å². The van der Waals surface area contributed by atoms with Crippen molar-refractivity contribution >= 4 is 12.3 Å². The maximum atomic E-state index is 12.1. The van der Waals surface area contributed by atoms with Crippen molar-refractivity contribution in [2.75, 3.05) is 19.7 Å². The van der Waals surface area contributed by atoms with Gasteiger partial charge in [-0.1, -0.05) is 48.5 Å². The summed E-state index contributed by atoms with van der Waals surface area (Å²) < 4.78 is 5.37. The summed E-state index contributed by atoms with van der Waals surface area (Å²) in [5.41, 5.74) is 2.78. The van der Waals surface area contributed by atoms with Crippen LogP contribution in [0.1, 0.15) is 27.5 Å². The molecule has 4 nitrogen and oxygen atoms in total. The third kappa shape index (κ3) is 3.77. The second kappa shape index (κ2) is 7.09. The van der Waals surface area contributed by atoms with Crippen LogP contribution in [0.4, 0.5) is 0 Å². The minimum atomic E-state index is -0.265. The van der Waals surface area contributed by atoms with Crippen LogP contribution in [-0.4, -0.2) is 36.9 Å². The molecule has 0 aliphatic carbocycles. The van der Waals surface area contributed by atoms with E-state index in [-0.39, 0.29) is 12.0 Å². The Hall–Kier alpha value is -2.62. The number of nitrogens with zero attached hydrogens (tertiary/aromatic N) is 2. The Morgan fingerprint density at radius 3 is 2.70 bits per heavy atom. The maximum Gasteiger partial charge on any atom is 0.338 e. The number of hydrogen-bond acceptors (Lipinski definition) is 4. The predicted octanol–water partition coefficient (Wildman–Crippen LogP) is 3.24. The van der Waals surface area contributed by atoms with E-state index in [4.69, 9.17) is 4.74 Å². The van der Waals surface area contributed by atoms with Crippen LogP contribution in [0.5, 0.6) is 0 Å². The number of carbonyl (C=O) groups excluding carboxylic acids is 1. The molecule has 0 radical (unpaired) electrons. The number of esters is 1. The van der Waals surface area contributed by atoms with Crippen LogP contribution in [0.2, 0.25) is 0 Å². The molecule has 0 spiro atoms. The van der Waals surface area contributed by atoms with E-state index in [0.29, 0.717) is 18.7 Å². The van der Waals surface area contributed by atoms with Crippen molar-refractivity contribution in [3.05, 3.63) is 71.3 Å². The zero-order valence-electron chi connectivity index (χ0n) is 13.2. The van der Waals surface area contributed by atoms with E-state index < -0.39 is 0 Å². The van der Waals surface area contributed by atoms with Gasteiger partial charge in [0.15, 0.2) is 0 Å². The molecule has 1 aliphatic rings. The van der Waals surface area contributed by atoms with Gasteiger partial charge in [-0.2, -0.15) is 0 Å². The lowest BCUT2D eigenvalue weighted by molar-refractivity contribution is 0.0488. The van der Waals surface area contributed by atoms with Gasteiger partial charge in [-0.3, -0.25) is 4.99 Å². The van der Waals surface area contributed by atoms with E-state index in [1.54, 1.807) is 6.07 Å². The van der Waals surface area contributed by atoms with Crippen molar-refractivity contribution < 1.29 is 9.53 Å². The van der Waals surface area contributed by atoms with Crippen LogP contribution in [-0.2, 0) is 4.74 Å². The average molecular weight is 308 g/mol. The molecule has 4 heteroatoms. The topological polar surface area (TPSA) is 41.9 Å². The largest absolute Gasteiger partial charge is 0.460 e. The Kier molecular flexibility index (Phi) is 4.71. The van der Waals surface area contributed by atoms with Crippen LogP contribution in [0.15, 0.2) is 59.6 Å². The van der Waals surface area contributed by atoms with Gasteiger partial charge in [0.05, 0.1) is 24.5 Å². The number of hydrogen-bond donors (Lipinski definition) is 0. The molecule has 3 rings (SSSR count). The van der Waals surface area contributed by atoms with Crippen molar-refractivity contribution in [2.45, 2.75) is 13.0 Å². The van der Waals surface area contributed by atoms with Crippen molar-refractivity contribution in [2.24, 2.45) is 4.99 Å². The summed E-state index contributed by atoms with van der Waals surface area (Å²) in [5.74, 6) is -0.265. The Bertz CT molecular complexity index is 698. The first-order valence-corrected chi connectivity index (χ1v) is 7.79. The van der Waals surface area contributed by atoms with Gasteiger partial charge in [0.1, 0.15) is 6.61 Å². The third-order valence-electron chi connectivity index (χ3n) is 3.98. The fraction of sp³-hybridized carbons (Fsp3) is 0.263. The molecule has 0 fully saturated rings. The standard InChI is InChI=1S/C19H20N2O2/c1-15-7-5-6-10-17(15)19(22)23-12-11-21-13-18(20-14-21)16-8-3-2-4-9-16/h2-10,14,18H,11-13H2,1H3. The highest BCUT2D eigenvalue weighted by Crippen LogP contribution is 2.21. The predicted molar refractivity (Wildman–Crippen MR) is 90.7 cm³/mol. The molecule has 0 saturated heterocycles. The molecule has 1 heterocycles. The van der Waals surface area contributed by atoms with Crippen LogP contribution < -0.4 is 0 Å². The molecule has 118 valence electrons. The van der Waals surface area contributed by atoms with Gasteiger partial charge in [0, 0.05) is 6.54 Å². The Morgan fingerprint density at radius 1 is 1.17 bits per heavy atom. The van der Waals surface area contributed by atoms with E-state index in [0.717, 1.165) is 12.1 Å². The van der Waals surface area contributed by atoms with Crippen LogP contribution in [0.25, 0.3) is 0 Å². The highest BCUT2D eigenvalue weighted by molar-refractivity contribution is 5.90. The summed E-state index contributed by atoms with van der Waals surface area (Å²) in [6, 6.07) is 17.9. The molecule has 0 N–H and O–H groups in total. The number of aryl methyl sites for hydroxylation is 1. The normalized spacial score (nSPS) is 16.6. The number of benzene rings is 2. The summed E-state index contributed by atoms with van der Waals surface area (Å²) in [5, 5.41) is 0. The summed E-state index contributed by atoms with van der Waals surface area (Å²) in [6.07, 6.45) is 1.85. The minimum Gasteiger partial charge on any atom is -0.460 e. The smallest absolute Gasteiger partial charge is 0.338 e. The Balaban J connectivity index is 1.46. The van der Waals surface area contributed by atoms with Crippen molar-refractivity contribution in [3.63, 3.8) is 0 Å². The fourth-order valence-electron chi connectivity index (χ4n) is 2.64. The molecule has 23 heavy (non-hydrogen) atoms. The van der Waals surface area contributed by atoms with Crippen molar-refractivity contribution in [3.8, 4) is 0 Å². The summed E-state index contributed by atoms with van der Waals surface area (Å²) in [7, 11) is 0. The molecule has 0 saturated carbocycles. The molecular weight excluding hydrogens is 288 g/mol. The number of carbonyl (C=O) groups is 1. The first kappa shape index (κ1) is 15.3. The lowest BCUT2D eigenvalue weighted by atomic mass is 10.1. The van der Waals surface area contributed by atoms with Gasteiger partial charge in [-0.05, 0) is 24.1 Å². The van der Waals surface area contributed by atoms with E-state index in [1.165, 1.54) is 5.56 Å². The van der Waals surface area contributed by atoms with Gasteiger partial charge in [0.2, 0.25) is 0 Å². The quantitative estimate of drug-likeness (QED) is 0.796. The lowest BCUT2D eigenvalue weighted by Gasteiger charge is -2.16. The zero-order chi connectivity index (χ0) is 16.1. The Morgan fingerprint density at radius 2 is 1.91 bits per heavy atom. The van der Waals surface area contributed by atoms with Crippen molar-refractivity contribution in [1.82, 2.24) is 4.90 Å². The van der Waals surface area contributed by atoms with E-state index in [1.807, 2.05) is 49.7 Å². The molecule has 2 aromatic carbocycles. The molecule has 0 amide bonds. The molecule has 2 aromatic rings. The monoisotopic (exact) mass is 308 g/mol. The van der Waals surface area contributed by atoms with Crippen LogP contribution >= 0.6 is 0 Å². The van der Waals surface area contributed by atoms with Crippen LogP contribution in [0, 0.1) is 6.92 Å². The average Bonchev–Trinajstić information content (AvgIpc) is 3.05. The van der Waals surface area contributed by atoms with Gasteiger partial charge in [-0.15, -0.1) is 0 Å². The fourth-order valence-corrected chi connectivity index (χ4v) is 2.64. The van der Waals surface area contributed by atoms with Crippen LogP contribution in [0.3, 0.4) is 0 Å². The number of aliphatic imine (C=N–C) groups is 1. The van der Waals surface area contributed by atoms with Gasteiger partial charge in [-0.25, -0.2) is 4.79 Å². The first-order chi connectivity index (χ1) is 11.2. The number of rotatable bonds is 5. The van der Waals surface area contributed by atoms with E-state index in [2.05, 4.69) is 22.0 Å². The highest BCUT2D eigenvalue weighted by atomic mass is 16.5. The van der Waals surface area contributed by atoms with Crippen molar-refractivity contribution in [1.29, 1.82) is 0 Å². The lowest BCUT2D eigenvalue weighted by Crippen LogP contribution is -2.26. The minimum absolute atomic E-state index is 0.170. The van der Waals surface area contributed by atoms with Gasteiger partial charge < -0.3 is 9.64 Å². The molecule has 1 aliphatic heterocycles. The summed E-state index contributed by atoms with van der Waals surface area (Å²) in [4.78, 5) is 18.7. The maximum absolute atomic E-state index is 12.1. The molecule has 1 atom stereocenters. The second-order valence-electron chi connectivity index (χ2n) is 5.64.